The fraction of sp³-hybridized carbons (Fsp3) is 0.478. The van der Waals surface area contributed by atoms with Gasteiger partial charge in [0.05, 0.1) is 0 Å². The van der Waals surface area contributed by atoms with E-state index in [1.54, 1.807) is 0 Å². The zero-order valence-corrected chi connectivity index (χ0v) is 16.2. The van der Waals surface area contributed by atoms with Crippen LogP contribution in [0.15, 0.2) is 42.5 Å². The lowest BCUT2D eigenvalue weighted by Gasteiger charge is -2.41. The summed E-state index contributed by atoms with van der Waals surface area (Å²) in [4.78, 5) is 2.54. The number of fused-ring (bicyclic) bond motifs is 1. The molecule has 0 bridgehead atoms. The van der Waals surface area contributed by atoms with Gasteiger partial charge in [0.2, 0.25) is 0 Å². The minimum Gasteiger partial charge on any atom is -0.367 e. The standard InChI is InChI=1S/C23H32N2/c1-5-18-14-20-22(15-19(18)21(24)6-2)25(13-12-23(20,3)4)16-17-10-8-7-9-11-17/h7-11,14-15,21H,5-6,12-13,16,24H2,1-4H3/t21-/m0/s1. The van der Waals surface area contributed by atoms with Crippen LogP contribution in [0, 0.1) is 0 Å². The van der Waals surface area contributed by atoms with Crippen LogP contribution >= 0.6 is 0 Å². The predicted octanol–water partition coefficient (Wildman–Crippen LogP) is 5.35. The molecule has 1 aliphatic rings. The van der Waals surface area contributed by atoms with Gasteiger partial charge in [-0.25, -0.2) is 0 Å². The maximum Gasteiger partial charge on any atom is 0.0429 e. The van der Waals surface area contributed by atoms with E-state index in [1.165, 1.54) is 34.4 Å². The minimum absolute atomic E-state index is 0.129. The van der Waals surface area contributed by atoms with Crippen molar-refractivity contribution >= 4 is 5.69 Å². The van der Waals surface area contributed by atoms with Crippen LogP contribution in [-0.2, 0) is 18.4 Å². The lowest BCUT2D eigenvalue weighted by molar-refractivity contribution is 0.451. The van der Waals surface area contributed by atoms with Crippen molar-refractivity contribution in [2.45, 2.75) is 65.0 Å². The molecule has 1 aliphatic heterocycles. The van der Waals surface area contributed by atoms with E-state index in [0.29, 0.717) is 0 Å². The van der Waals surface area contributed by atoms with Gasteiger partial charge in [0.1, 0.15) is 0 Å². The first-order valence-corrected chi connectivity index (χ1v) is 9.68. The van der Waals surface area contributed by atoms with Crippen LogP contribution in [0.3, 0.4) is 0 Å². The lowest BCUT2D eigenvalue weighted by Crippen LogP contribution is -2.37. The molecule has 2 heteroatoms. The highest BCUT2D eigenvalue weighted by molar-refractivity contribution is 5.63. The Kier molecular flexibility index (Phi) is 5.19. The Morgan fingerprint density at radius 1 is 1.12 bits per heavy atom. The summed E-state index contributed by atoms with van der Waals surface area (Å²) < 4.78 is 0. The van der Waals surface area contributed by atoms with Crippen molar-refractivity contribution in [2.24, 2.45) is 5.73 Å². The molecule has 1 heterocycles. The number of aryl methyl sites for hydroxylation is 1. The topological polar surface area (TPSA) is 29.3 Å². The molecule has 2 aromatic rings. The average molecular weight is 337 g/mol. The third-order valence-electron chi connectivity index (χ3n) is 5.77. The Hall–Kier alpha value is -1.80. The molecular weight excluding hydrogens is 304 g/mol. The average Bonchev–Trinajstić information content (AvgIpc) is 2.63. The molecule has 2 N–H and O–H groups in total. The number of benzene rings is 2. The fourth-order valence-corrected chi connectivity index (χ4v) is 3.96. The Morgan fingerprint density at radius 2 is 1.84 bits per heavy atom. The lowest BCUT2D eigenvalue weighted by atomic mass is 9.75. The maximum atomic E-state index is 6.45. The number of anilines is 1. The largest absolute Gasteiger partial charge is 0.367 e. The van der Waals surface area contributed by atoms with Crippen molar-refractivity contribution in [3.8, 4) is 0 Å². The monoisotopic (exact) mass is 336 g/mol. The van der Waals surface area contributed by atoms with Crippen LogP contribution in [0.2, 0.25) is 0 Å². The van der Waals surface area contributed by atoms with Crippen LogP contribution in [0.4, 0.5) is 5.69 Å². The summed E-state index contributed by atoms with van der Waals surface area (Å²) in [6.07, 6.45) is 3.22. The smallest absolute Gasteiger partial charge is 0.0429 e. The van der Waals surface area contributed by atoms with E-state index in [0.717, 1.165) is 25.9 Å². The molecule has 134 valence electrons. The Balaban J connectivity index is 2.06. The van der Waals surface area contributed by atoms with E-state index in [4.69, 9.17) is 5.73 Å². The summed E-state index contributed by atoms with van der Waals surface area (Å²) in [6, 6.07) is 15.7. The van der Waals surface area contributed by atoms with Crippen LogP contribution in [-0.4, -0.2) is 6.54 Å². The van der Waals surface area contributed by atoms with E-state index in [-0.39, 0.29) is 11.5 Å². The van der Waals surface area contributed by atoms with Gasteiger partial charge in [0.15, 0.2) is 0 Å². The van der Waals surface area contributed by atoms with Crippen LogP contribution in [0.5, 0.6) is 0 Å². The molecule has 2 aromatic carbocycles. The molecule has 2 nitrogen and oxygen atoms in total. The Morgan fingerprint density at radius 3 is 2.48 bits per heavy atom. The predicted molar refractivity (Wildman–Crippen MR) is 108 cm³/mol. The van der Waals surface area contributed by atoms with Crippen molar-refractivity contribution in [1.29, 1.82) is 0 Å². The molecule has 0 unspecified atom stereocenters. The third-order valence-corrected chi connectivity index (χ3v) is 5.77. The van der Waals surface area contributed by atoms with E-state index in [9.17, 15) is 0 Å². The van der Waals surface area contributed by atoms with E-state index >= 15 is 0 Å². The molecule has 0 saturated heterocycles. The van der Waals surface area contributed by atoms with Crippen molar-refractivity contribution in [1.82, 2.24) is 0 Å². The van der Waals surface area contributed by atoms with Crippen LogP contribution in [0.1, 0.15) is 68.8 Å². The molecule has 0 amide bonds. The van der Waals surface area contributed by atoms with Gasteiger partial charge >= 0.3 is 0 Å². The number of nitrogens with two attached hydrogens (primary N) is 1. The van der Waals surface area contributed by atoms with Gasteiger partial charge in [0.25, 0.3) is 0 Å². The summed E-state index contributed by atoms with van der Waals surface area (Å²) in [5.74, 6) is 0. The molecule has 0 radical (unpaired) electrons. The highest BCUT2D eigenvalue weighted by atomic mass is 15.1. The maximum absolute atomic E-state index is 6.45. The van der Waals surface area contributed by atoms with Crippen LogP contribution < -0.4 is 10.6 Å². The molecule has 0 saturated carbocycles. The van der Waals surface area contributed by atoms with Gasteiger partial charge < -0.3 is 10.6 Å². The zero-order valence-electron chi connectivity index (χ0n) is 16.2. The molecule has 0 aromatic heterocycles. The molecule has 3 rings (SSSR count). The highest BCUT2D eigenvalue weighted by Crippen LogP contribution is 2.42. The number of rotatable bonds is 5. The van der Waals surface area contributed by atoms with E-state index in [2.05, 4.69) is 75.1 Å². The second-order valence-electron chi connectivity index (χ2n) is 7.98. The number of nitrogens with zero attached hydrogens (tertiary/aromatic N) is 1. The van der Waals surface area contributed by atoms with Gasteiger partial charge in [-0.3, -0.25) is 0 Å². The fourth-order valence-electron chi connectivity index (χ4n) is 3.96. The zero-order chi connectivity index (χ0) is 18.0. The number of hydrogen-bond acceptors (Lipinski definition) is 2. The van der Waals surface area contributed by atoms with E-state index in [1.807, 2.05) is 0 Å². The van der Waals surface area contributed by atoms with Gasteiger partial charge in [-0.1, -0.05) is 64.1 Å². The Bertz CT molecular complexity index is 718. The molecule has 0 fully saturated rings. The first-order chi connectivity index (χ1) is 12.0. The van der Waals surface area contributed by atoms with E-state index < -0.39 is 0 Å². The Labute approximate surface area is 153 Å². The van der Waals surface area contributed by atoms with Crippen molar-refractivity contribution in [3.63, 3.8) is 0 Å². The van der Waals surface area contributed by atoms with Crippen molar-refractivity contribution < 1.29 is 0 Å². The summed E-state index contributed by atoms with van der Waals surface area (Å²) in [5, 5.41) is 0. The molecule has 25 heavy (non-hydrogen) atoms. The second-order valence-corrected chi connectivity index (χ2v) is 7.98. The summed E-state index contributed by atoms with van der Waals surface area (Å²) in [5.41, 5.74) is 13.7. The van der Waals surface area contributed by atoms with Crippen LogP contribution in [0.25, 0.3) is 0 Å². The van der Waals surface area contributed by atoms with Crippen molar-refractivity contribution in [2.75, 3.05) is 11.4 Å². The van der Waals surface area contributed by atoms with Gasteiger partial charge in [-0.2, -0.15) is 0 Å². The number of hydrogen-bond donors (Lipinski definition) is 1. The second kappa shape index (κ2) is 7.21. The minimum atomic E-state index is 0.129. The van der Waals surface area contributed by atoms with Crippen molar-refractivity contribution in [3.05, 3.63) is 64.7 Å². The molecular formula is C23H32N2. The first-order valence-electron chi connectivity index (χ1n) is 9.68. The van der Waals surface area contributed by atoms with Gasteiger partial charge in [-0.15, -0.1) is 0 Å². The molecule has 0 aliphatic carbocycles. The third kappa shape index (κ3) is 3.59. The normalized spacial score (nSPS) is 17.2. The van der Waals surface area contributed by atoms with Gasteiger partial charge in [0, 0.05) is 24.8 Å². The quantitative estimate of drug-likeness (QED) is 0.798. The SMILES string of the molecule is CCc1cc2c(cc1[C@@H](N)CC)N(Cc1ccccc1)CCC2(C)C. The highest BCUT2D eigenvalue weighted by Gasteiger charge is 2.32. The molecule has 1 atom stereocenters. The van der Waals surface area contributed by atoms with Gasteiger partial charge in [-0.05, 0) is 53.0 Å². The summed E-state index contributed by atoms with van der Waals surface area (Å²) >= 11 is 0. The summed E-state index contributed by atoms with van der Waals surface area (Å²) in [6.45, 7) is 11.2. The first kappa shape index (κ1) is 18.0. The molecule has 0 spiro atoms. The summed E-state index contributed by atoms with van der Waals surface area (Å²) in [7, 11) is 0.